The Labute approximate surface area is 135 Å². The van der Waals surface area contributed by atoms with Crippen LogP contribution in [0.3, 0.4) is 0 Å². The van der Waals surface area contributed by atoms with Crippen molar-refractivity contribution < 1.29 is 24.2 Å². The Balaban J connectivity index is 2.42. The van der Waals surface area contributed by atoms with Crippen LogP contribution in [0.15, 0.2) is 24.3 Å². The van der Waals surface area contributed by atoms with Gasteiger partial charge in [0.25, 0.3) is 0 Å². The van der Waals surface area contributed by atoms with E-state index in [-0.39, 0.29) is 30.9 Å². The fourth-order valence-corrected chi connectivity index (χ4v) is 1.66. The van der Waals surface area contributed by atoms with Gasteiger partial charge in [-0.05, 0) is 31.0 Å². The number of ether oxygens (including phenoxy) is 1. The summed E-state index contributed by atoms with van der Waals surface area (Å²) in [5, 5.41) is 13.5. The molecule has 7 heteroatoms. The summed E-state index contributed by atoms with van der Waals surface area (Å²) in [5.41, 5.74) is 1.33. The number of benzene rings is 1. The molecule has 1 unspecified atom stereocenters. The van der Waals surface area contributed by atoms with Gasteiger partial charge in [0, 0.05) is 5.69 Å². The van der Waals surface area contributed by atoms with E-state index in [1.807, 2.05) is 13.8 Å². The largest absolute Gasteiger partial charge is 0.480 e. The minimum Gasteiger partial charge on any atom is -0.480 e. The summed E-state index contributed by atoms with van der Waals surface area (Å²) in [4.78, 5) is 33.5. The van der Waals surface area contributed by atoms with E-state index in [2.05, 4.69) is 10.6 Å². The Morgan fingerprint density at radius 2 is 1.83 bits per heavy atom. The van der Waals surface area contributed by atoms with Gasteiger partial charge in [-0.25, -0.2) is 0 Å². The van der Waals surface area contributed by atoms with E-state index in [0.29, 0.717) is 5.69 Å². The number of carbonyl (C=O) groups is 3. The number of anilines is 1. The first-order valence-electron chi connectivity index (χ1n) is 7.39. The van der Waals surface area contributed by atoms with Crippen LogP contribution in [-0.4, -0.2) is 42.1 Å². The van der Waals surface area contributed by atoms with Crippen LogP contribution in [0.2, 0.25) is 0 Å². The minimum atomic E-state index is -1.09. The van der Waals surface area contributed by atoms with Crippen LogP contribution in [0.5, 0.6) is 0 Å². The smallest absolute Gasteiger partial charge is 0.322 e. The van der Waals surface area contributed by atoms with E-state index in [4.69, 9.17) is 9.84 Å². The molecule has 3 N–H and O–H groups in total. The van der Waals surface area contributed by atoms with Gasteiger partial charge in [-0.15, -0.1) is 0 Å². The molecule has 1 aromatic carbocycles. The topological polar surface area (TPSA) is 105 Å². The molecule has 1 aromatic rings. The van der Waals surface area contributed by atoms with Crippen molar-refractivity contribution in [2.45, 2.75) is 32.8 Å². The summed E-state index contributed by atoms with van der Waals surface area (Å²) >= 11 is 0. The Morgan fingerprint density at radius 1 is 1.17 bits per heavy atom. The number of carboxylic acid groups (broad SMARTS) is 1. The highest BCUT2D eigenvalue weighted by atomic mass is 16.5. The van der Waals surface area contributed by atoms with E-state index in [1.54, 1.807) is 24.3 Å². The second kappa shape index (κ2) is 9.58. The number of hydrogen-bond acceptors (Lipinski definition) is 4. The summed E-state index contributed by atoms with van der Waals surface area (Å²) in [6, 6.07) is 6.76. The lowest BCUT2D eigenvalue weighted by Gasteiger charge is -2.11. The highest BCUT2D eigenvalue weighted by Crippen LogP contribution is 2.10. The van der Waals surface area contributed by atoms with Gasteiger partial charge in [0.2, 0.25) is 11.8 Å². The van der Waals surface area contributed by atoms with Gasteiger partial charge in [0.15, 0.2) is 0 Å². The predicted octanol–water partition coefficient (Wildman–Crippen LogP) is 1.18. The van der Waals surface area contributed by atoms with Crippen LogP contribution in [0.4, 0.5) is 5.69 Å². The number of rotatable bonds is 9. The summed E-state index contributed by atoms with van der Waals surface area (Å²) < 4.78 is 5.33. The van der Waals surface area contributed by atoms with E-state index in [0.717, 1.165) is 12.0 Å². The number of aliphatic carboxylic acids is 1. The highest BCUT2D eigenvalue weighted by molar-refractivity contribution is 5.91. The number of carboxylic acids is 1. The molecule has 0 bridgehead atoms. The third-order valence-electron chi connectivity index (χ3n) is 3.11. The first-order chi connectivity index (χ1) is 10.9. The molecule has 0 spiro atoms. The number of nitrogens with one attached hydrogen (secondary N) is 2. The molecule has 7 nitrogen and oxygen atoms in total. The van der Waals surface area contributed by atoms with E-state index in [1.165, 1.54) is 0 Å². The van der Waals surface area contributed by atoms with Crippen molar-refractivity contribution in [3.63, 3.8) is 0 Å². The molecule has 0 fully saturated rings. The number of hydrogen-bond donors (Lipinski definition) is 3. The molecule has 0 aliphatic carbocycles. The van der Waals surface area contributed by atoms with E-state index >= 15 is 0 Å². The maximum atomic E-state index is 11.7. The van der Waals surface area contributed by atoms with Gasteiger partial charge in [0.1, 0.15) is 13.2 Å². The zero-order valence-corrected chi connectivity index (χ0v) is 13.3. The van der Waals surface area contributed by atoms with Crippen LogP contribution in [0, 0.1) is 0 Å². The van der Waals surface area contributed by atoms with Gasteiger partial charge in [-0.3, -0.25) is 14.4 Å². The molecular weight excluding hydrogens is 300 g/mol. The molecule has 0 aliphatic rings. The highest BCUT2D eigenvalue weighted by Gasteiger charge is 2.07. The van der Waals surface area contributed by atoms with Crippen LogP contribution >= 0.6 is 0 Å². The molecule has 0 aliphatic heterocycles. The van der Waals surface area contributed by atoms with Crippen molar-refractivity contribution in [1.29, 1.82) is 0 Å². The lowest BCUT2D eigenvalue weighted by molar-refractivity contribution is -0.137. The molecule has 1 rings (SSSR count). The van der Waals surface area contributed by atoms with E-state index in [9.17, 15) is 14.4 Å². The maximum absolute atomic E-state index is 11.7. The maximum Gasteiger partial charge on any atom is 0.322 e. The first-order valence-corrected chi connectivity index (χ1v) is 7.39. The summed E-state index contributed by atoms with van der Waals surface area (Å²) in [6.45, 7) is 3.48. The second-order valence-electron chi connectivity index (χ2n) is 5.12. The third-order valence-corrected chi connectivity index (χ3v) is 3.11. The summed E-state index contributed by atoms with van der Waals surface area (Å²) in [7, 11) is 0. The number of carbonyl (C=O) groups excluding carboxylic acids is 2. The van der Waals surface area contributed by atoms with Gasteiger partial charge in [0.05, 0.1) is 12.5 Å². The molecule has 0 saturated heterocycles. The van der Waals surface area contributed by atoms with E-state index < -0.39 is 12.5 Å². The van der Waals surface area contributed by atoms with Crippen molar-refractivity contribution in [3.8, 4) is 0 Å². The Morgan fingerprint density at radius 3 is 2.39 bits per heavy atom. The third kappa shape index (κ3) is 7.96. The minimum absolute atomic E-state index is 0.00560. The van der Waals surface area contributed by atoms with Crippen LogP contribution in [-0.2, 0) is 25.5 Å². The molecule has 2 amide bonds. The summed E-state index contributed by atoms with van der Waals surface area (Å²) in [5.74, 6) is -1.69. The normalized spacial score (nSPS) is 11.6. The SMILES string of the molecule is CCC(C)OCC(=O)Nc1ccc(CC(=O)NCC(=O)O)cc1. The monoisotopic (exact) mass is 322 g/mol. The van der Waals surface area contributed by atoms with Crippen LogP contribution in [0.1, 0.15) is 25.8 Å². The molecule has 0 heterocycles. The van der Waals surface area contributed by atoms with Crippen LogP contribution < -0.4 is 10.6 Å². The lowest BCUT2D eigenvalue weighted by atomic mass is 10.1. The molecule has 0 radical (unpaired) electrons. The van der Waals surface area contributed by atoms with Gasteiger partial charge >= 0.3 is 5.97 Å². The van der Waals surface area contributed by atoms with Crippen molar-refractivity contribution in [3.05, 3.63) is 29.8 Å². The molecule has 126 valence electrons. The predicted molar refractivity (Wildman–Crippen MR) is 85.1 cm³/mol. The first kappa shape index (κ1) is 18.6. The molecule has 0 saturated carbocycles. The van der Waals surface area contributed by atoms with Crippen molar-refractivity contribution in [1.82, 2.24) is 5.32 Å². The van der Waals surface area contributed by atoms with Crippen molar-refractivity contribution >= 4 is 23.5 Å². The van der Waals surface area contributed by atoms with Gasteiger partial charge in [-0.1, -0.05) is 19.1 Å². The fraction of sp³-hybridized carbons (Fsp3) is 0.438. The van der Waals surface area contributed by atoms with Crippen molar-refractivity contribution in [2.75, 3.05) is 18.5 Å². The van der Waals surface area contributed by atoms with Crippen LogP contribution in [0.25, 0.3) is 0 Å². The molecule has 1 atom stereocenters. The molecule has 23 heavy (non-hydrogen) atoms. The second-order valence-corrected chi connectivity index (χ2v) is 5.12. The van der Waals surface area contributed by atoms with Gasteiger partial charge < -0.3 is 20.5 Å². The zero-order chi connectivity index (χ0) is 17.2. The fourth-order valence-electron chi connectivity index (χ4n) is 1.66. The quantitative estimate of drug-likeness (QED) is 0.633. The average molecular weight is 322 g/mol. The van der Waals surface area contributed by atoms with Crippen molar-refractivity contribution in [2.24, 2.45) is 0 Å². The average Bonchev–Trinajstić information content (AvgIpc) is 2.52. The molecular formula is C16H22N2O5. The standard InChI is InChI=1S/C16H22N2O5/c1-3-11(2)23-10-15(20)18-13-6-4-12(5-7-13)8-14(19)17-9-16(21)22/h4-7,11H,3,8-10H2,1-2H3,(H,17,19)(H,18,20)(H,21,22). The molecule has 0 aromatic heterocycles. The Bertz CT molecular complexity index is 542. The summed E-state index contributed by atoms with van der Waals surface area (Å²) in [6.07, 6.45) is 0.956. The lowest BCUT2D eigenvalue weighted by Crippen LogP contribution is -2.30. The Kier molecular flexibility index (Phi) is 7.76. The zero-order valence-electron chi connectivity index (χ0n) is 13.3. The van der Waals surface area contributed by atoms with Gasteiger partial charge in [-0.2, -0.15) is 0 Å². The Hall–Kier alpha value is -2.41. The number of amides is 2.